The van der Waals surface area contributed by atoms with Crippen molar-refractivity contribution in [3.63, 3.8) is 0 Å². The third kappa shape index (κ3) is 3.54. The maximum Gasteiger partial charge on any atom is 0.254 e. The lowest BCUT2D eigenvalue weighted by molar-refractivity contribution is 0.0578. The zero-order valence-electron chi connectivity index (χ0n) is 14.0. The predicted molar refractivity (Wildman–Crippen MR) is 91.9 cm³/mol. The maximum absolute atomic E-state index is 12.6. The molecule has 1 aliphatic heterocycles. The van der Waals surface area contributed by atoms with Gasteiger partial charge < -0.3 is 9.88 Å². The summed E-state index contributed by atoms with van der Waals surface area (Å²) in [5.74, 6) is -0.0747. The number of hydrogen-bond acceptors (Lipinski definition) is 4. The Morgan fingerprint density at radius 1 is 1.21 bits per heavy atom. The largest absolute Gasteiger partial charge is 0.336 e. The summed E-state index contributed by atoms with van der Waals surface area (Å²) in [6.45, 7) is 6.82. The van der Waals surface area contributed by atoms with Crippen molar-refractivity contribution in [2.24, 2.45) is 0 Å². The summed E-state index contributed by atoms with van der Waals surface area (Å²) in [7, 11) is 0. The van der Waals surface area contributed by atoms with Gasteiger partial charge in [0.05, 0.1) is 5.69 Å². The second-order valence-corrected chi connectivity index (χ2v) is 6.18. The Morgan fingerprint density at radius 3 is 2.58 bits per heavy atom. The Bertz CT molecular complexity index is 764. The van der Waals surface area contributed by atoms with Gasteiger partial charge in [-0.1, -0.05) is 6.07 Å². The quantitative estimate of drug-likeness (QED) is 0.930. The van der Waals surface area contributed by atoms with E-state index in [4.69, 9.17) is 0 Å². The molecule has 6 nitrogen and oxygen atoms in total. The predicted octanol–water partition coefficient (Wildman–Crippen LogP) is 1.60. The highest BCUT2D eigenvalue weighted by Gasteiger charge is 2.26. The molecule has 3 rings (SSSR count). The number of piperazine rings is 1. The molecule has 24 heavy (non-hydrogen) atoms. The molecule has 0 spiro atoms. The molecule has 6 heteroatoms. The van der Waals surface area contributed by atoms with E-state index in [0.717, 1.165) is 18.8 Å². The number of H-pyrrole nitrogens is 1. The van der Waals surface area contributed by atoms with Crippen LogP contribution >= 0.6 is 0 Å². The summed E-state index contributed by atoms with van der Waals surface area (Å²) in [4.78, 5) is 35.4. The molecule has 0 radical (unpaired) electrons. The molecule has 0 bridgehead atoms. The van der Waals surface area contributed by atoms with Crippen molar-refractivity contribution in [1.82, 2.24) is 19.8 Å². The van der Waals surface area contributed by atoms with Crippen molar-refractivity contribution < 1.29 is 4.79 Å². The molecular weight excluding hydrogens is 304 g/mol. The van der Waals surface area contributed by atoms with E-state index >= 15 is 0 Å². The minimum Gasteiger partial charge on any atom is -0.336 e. The summed E-state index contributed by atoms with van der Waals surface area (Å²) < 4.78 is 0. The number of amides is 1. The van der Waals surface area contributed by atoms with E-state index in [1.807, 2.05) is 23.1 Å². The van der Waals surface area contributed by atoms with Crippen LogP contribution in [-0.2, 0) is 0 Å². The van der Waals surface area contributed by atoms with Crippen LogP contribution in [0.3, 0.4) is 0 Å². The van der Waals surface area contributed by atoms with Crippen LogP contribution < -0.4 is 5.56 Å². The van der Waals surface area contributed by atoms with Crippen LogP contribution in [0.25, 0.3) is 0 Å². The third-order valence-electron chi connectivity index (χ3n) is 4.49. The topological polar surface area (TPSA) is 69.3 Å². The molecule has 0 unspecified atom stereocenters. The van der Waals surface area contributed by atoms with Crippen molar-refractivity contribution in [1.29, 1.82) is 0 Å². The number of aryl methyl sites for hydroxylation is 1. The van der Waals surface area contributed by atoms with E-state index in [9.17, 15) is 9.59 Å². The Labute approximate surface area is 141 Å². The zero-order chi connectivity index (χ0) is 17.1. The fraction of sp³-hybridized carbons (Fsp3) is 0.389. The summed E-state index contributed by atoms with van der Waals surface area (Å²) in [5.41, 5.74) is 1.97. The van der Waals surface area contributed by atoms with Crippen molar-refractivity contribution in [2.75, 3.05) is 26.2 Å². The Balaban J connectivity index is 1.64. The van der Waals surface area contributed by atoms with Gasteiger partial charge in [0.2, 0.25) is 5.56 Å². The summed E-state index contributed by atoms with van der Waals surface area (Å²) >= 11 is 0. The van der Waals surface area contributed by atoms with Gasteiger partial charge in [0.15, 0.2) is 0 Å². The minimum atomic E-state index is -0.235. The highest BCUT2D eigenvalue weighted by molar-refractivity contribution is 5.94. The monoisotopic (exact) mass is 326 g/mol. The van der Waals surface area contributed by atoms with Crippen molar-refractivity contribution in [3.05, 3.63) is 63.8 Å². The van der Waals surface area contributed by atoms with Gasteiger partial charge in [-0.05, 0) is 32.0 Å². The molecule has 1 fully saturated rings. The van der Waals surface area contributed by atoms with Crippen LogP contribution in [0.15, 0.2) is 41.3 Å². The molecule has 0 aromatic carbocycles. The molecule has 3 heterocycles. The number of aromatic amines is 1. The number of nitrogens with one attached hydrogen (secondary N) is 1. The van der Waals surface area contributed by atoms with Crippen molar-refractivity contribution in [3.8, 4) is 0 Å². The first-order valence-electron chi connectivity index (χ1n) is 8.20. The molecule has 1 aliphatic rings. The average molecular weight is 326 g/mol. The Kier molecular flexibility index (Phi) is 4.76. The number of aromatic nitrogens is 2. The second kappa shape index (κ2) is 6.97. The van der Waals surface area contributed by atoms with E-state index in [1.54, 1.807) is 19.2 Å². The van der Waals surface area contributed by atoms with Crippen LogP contribution in [0.5, 0.6) is 0 Å². The van der Waals surface area contributed by atoms with Crippen LogP contribution in [-0.4, -0.2) is 51.9 Å². The molecule has 1 amide bonds. The number of carbonyl (C=O) groups excluding carboxylic acids is 1. The maximum atomic E-state index is 12.6. The van der Waals surface area contributed by atoms with E-state index in [-0.39, 0.29) is 17.5 Å². The summed E-state index contributed by atoms with van der Waals surface area (Å²) in [5, 5.41) is 0. The standard InChI is InChI=1S/C18H22N4O2/c1-13-11-15(12-17(23)20-13)18(24)22-9-7-21(8-10-22)14(2)16-5-3-4-6-19-16/h3-6,11-12,14H,7-10H2,1-2H3,(H,20,23)/t14-/m1/s1. The molecule has 0 saturated carbocycles. The van der Waals surface area contributed by atoms with Gasteiger partial charge in [-0.15, -0.1) is 0 Å². The molecule has 2 aromatic heterocycles. The van der Waals surface area contributed by atoms with E-state index in [2.05, 4.69) is 21.8 Å². The fourth-order valence-corrected chi connectivity index (χ4v) is 3.11. The number of hydrogen-bond donors (Lipinski definition) is 1. The van der Waals surface area contributed by atoms with Gasteiger partial charge in [0.1, 0.15) is 0 Å². The number of pyridine rings is 2. The average Bonchev–Trinajstić information content (AvgIpc) is 2.60. The van der Waals surface area contributed by atoms with Crippen molar-refractivity contribution >= 4 is 5.91 Å². The molecule has 1 atom stereocenters. The number of carbonyl (C=O) groups is 1. The normalized spacial score (nSPS) is 16.8. The van der Waals surface area contributed by atoms with Gasteiger partial charge in [-0.3, -0.25) is 19.5 Å². The number of rotatable bonds is 3. The third-order valence-corrected chi connectivity index (χ3v) is 4.49. The molecule has 126 valence electrons. The second-order valence-electron chi connectivity index (χ2n) is 6.18. The van der Waals surface area contributed by atoms with Crippen LogP contribution in [0.2, 0.25) is 0 Å². The first kappa shape index (κ1) is 16.4. The molecular formula is C18H22N4O2. The highest BCUT2D eigenvalue weighted by Crippen LogP contribution is 2.20. The smallest absolute Gasteiger partial charge is 0.254 e. The van der Waals surface area contributed by atoms with E-state index in [1.165, 1.54) is 6.07 Å². The first-order valence-corrected chi connectivity index (χ1v) is 8.20. The van der Waals surface area contributed by atoms with Gasteiger partial charge in [-0.25, -0.2) is 0 Å². The van der Waals surface area contributed by atoms with Gasteiger partial charge in [0, 0.05) is 55.7 Å². The fourth-order valence-electron chi connectivity index (χ4n) is 3.11. The van der Waals surface area contributed by atoms with Gasteiger partial charge in [0.25, 0.3) is 5.91 Å². The first-order chi connectivity index (χ1) is 11.5. The SMILES string of the molecule is Cc1cc(C(=O)N2CCN([C@H](C)c3ccccn3)CC2)cc(=O)[nH]1. The molecule has 1 N–H and O–H groups in total. The van der Waals surface area contributed by atoms with Crippen LogP contribution in [0.4, 0.5) is 0 Å². The van der Waals surface area contributed by atoms with Crippen molar-refractivity contribution in [2.45, 2.75) is 19.9 Å². The highest BCUT2D eigenvalue weighted by atomic mass is 16.2. The van der Waals surface area contributed by atoms with Crippen LogP contribution in [0, 0.1) is 6.92 Å². The molecule has 0 aliphatic carbocycles. The molecule has 1 saturated heterocycles. The van der Waals surface area contributed by atoms with Gasteiger partial charge >= 0.3 is 0 Å². The Morgan fingerprint density at radius 2 is 1.96 bits per heavy atom. The van der Waals surface area contributed by atoms with E-state index < -0.39 is 0 Å². The minimum absolute atomic E-state index is 0.0747. The zero-order valence-corrected chi connectivity index (χ0v) is 14.0. The summed E-state index contributed by atoms with van der Waals surface area (Å²) in [6, 6.07) is 9.27. The molecule has 2 aromatic rings. The lowest BCUT2D eigenvalue weighted by atomic mass is 10.1. The lowest BCUT2D eigenvalue weighted by Crippen LogP contribution is -2.49. The van der Waals surface area contributed by atoms with Crippen LogP contribution in [0.1, 0.15) is 34.7 Å². The Hall–Kier alpha value is -2.47. The van der Waals surface area contributed by atoms with Gasteiger partial charge in [-0.2, -0.15) is 0 Å². The summed E-state index contributed by atoms with van der Waals surface area (Å²) in [6.07, 6.45) is 1.81. The van der Waals surface area contributed by atoms with E-state index in [0.29, 0.717) is 24.3 Å². The number of nitrogens with zero attached hydrogens (tertiary/aromatic N) is 3. The lowest BCUT2D eigenvalue weighted by Gasteiger charge is -2.37.